The van der Waals surface area contributed by atoms with Crippen molar-refractivity contribution in [2.45, 2.75) is 25.7 Å². The smallest absolute Gasteiger partial charge is 0.222 e. The number of rotatable bonds is 9. The molecule has 0 saturated carbocycles. The van der Waals surface area contributed by atoms with Crippen LogP contribution in [0.15, 0.2) is 75.8 Å². The third-order valence-corrected chi connectivity index (χ3v) is 5.46. The molecule has 1 amide bonds. The highest BCUT2D eigenvalue weighted by atomic mass is 35.5. The maximum absolute atomic E-state index is 12.5. The number of amides is 1. The van der Waals surface area contributed by atoms with Gasteiger partial charge in [0.15, 0.2) is 11.7 Å². The Kier molecular flexibility index (Phi) is 7.02. The molecule has 0 fully saturated rings. The van der Waals surface area contributed by atoms with Gasteiger partial charge in [0.1, 0.15) is 11.5 Å². The summed E-state index contributed by atoms with van der Waals surface area (Å²) in [6, 6.07) is 19.2. The molecule has 6 nitrogen and oxygen atoms in total. The second-order valence-electron chi connectivity index (χ2n) is 7.59. The molecule has 0 spiro atoms. The van der Waals surface area contributed by atoms with Crippen LogP contribution in [0.5, 0.6) is 0 Å². The highest BCUT2D eigenvalue weighted by molar-refractivity contribution is 6.30. The number of aryl methyl sites for hydroxylation is 2. The monoisotopic (exact) mass is 449 g/mol. The average Bonchev–Trinajstić information content (AvgIpc) is 3.48. The van der Waals surface area contributed by atoms with E-state index in [1.807, 2.05) is 55.6 Å². The van der Waals surface area contributed by atoms with Gasteiger partial charge in [-0.1, -0.05) is 47.1 Å². The van der Waals surface area contributed by atoms with Crippen LogP contribution in [0.4, 0.5) is 0 Å². The molecular formula is C25H24ClN3O3. The lowest BCUT2D eigenvalue weighted by Gasteiger charge is -2.16. The Hall–Kier alpha value is -3.38. The van der Waals surface area contributed by atoms with Crippen LogP contribution in [-0.4, -0.2) is 34.5 Å². The molecule has 0 radical (unpaired) electrons. The normalized spacial score (nSPS) is 10.9. The van der Waals surface area contributed by atoms with E-state index in [4.69, 9.17) is 20.5 Å². The molecule has 0 N–H and O–H groups in total. The van der Waals surface area contributed by atoms with Crippen LogP contribution in [0, 0.1) is 0 Å². The van der Waals surface area contributed by atoms with Crippen molar-refractivity contribution in [3.05, 3.63) is 83.5 Å². The number of oxazole rings is 1. The molecule has 2 heterocycles. The topological polar surface area (TPSA) is 72.4 Å². The van der Waals surface area contributed by atoms with Crippen LogP contribution in [0.3, 0.4) is 0 Å². The molecule has 0 aliphatic rings. The Morgan fingerprint density at radius 3 is 2.59 bits per heavy atom. The molecule has 0 unspecified atom stereocenters. The Balaban J connectivity index is 1.21. The quantitative estimate of drug-likeness (QED) is 0.329. The number of benzene rings is 2. The highest BCUT2D eigenvalue weighted by Crippen LogP contribution is 2.23. The first-order chi connectivity index (χ1) is 15.6. The van der Waals surface area contributed by atoms with Gasteiger partial charge in [-0.3, -0.25) is 4.79 Å². The van der Waals surface area contributed by atoms with E-state index in [1.165, 1.54) is 0 Å². The van der Waals surface area contributed by atoms with Crippen LogP contribution >= 0.6 is 11.6 Å². The Labute approximate surface area is 191 Å². The van der Waals surface area contributed by atoms with E-state index < -0.39 is 0 Å². The highest BCUT2D eigenvalue weighted by Gasteiger charge is 2.13. The second-order valence-corrected chi connectivity index (χ2v) is 8.02. The predicted octanol–water partition coefficient (Wildman–Crippen LogP) is 5.67. The zero-order chi connectivity index (χ0) is 22.3. The van der Waals surface area contributed by atoms with Gasteiger partial charge in [-0.05, 0) is 30.7 Å². The SMILES string of the molecule is CN(CCCc1cc(-c2ccccc2)no1)C(=O)CCc1ncc(-c2ccc(Cl)cc2)o1. The van der Waals surface area contributed by atoms with E-state index in [-0.39, 0.29) is 5.91 Å². The Morgan fingerprint density at radius 2 is 1.81 bits per heavy atom. The third kappa shape index (κ3) is 5.65. The van der Waals surface area contributed by atoms with Crippen molar-refractivity contribution in [3.8, 4) is 22.6 Å². The minimum absolute atomic E-state index is 0.0544. The third-order valence-electron chi connectivity index (χ3n) is 5.21. The van der Waals surface area contributed by atoms with Crippen molar-refractivity contribution in [1.29, 1.82) is 0 Å². The van der Waals surface area contributed by atoms with Crippen molar-refractivity contribution in [1.82, 2.24) is 15.0 Å². The van der Waals surface area contributed by atoms with Gasteiger partial charge in [0.05, 0.1) is 6.20 Å². The molecule has 0 aliphatic heterocycles. The maximum Gasteiger partial charge on any atom is 0.222 e. The lowest BCUT2D eigenvalue weighted by molar-refractivity contribution is -0.130. The summed E-state index contributed by atoms with van der Waals surface area (Å²) in [6.45, 7) is 0.641. The van der Waals surface area contributed by atoms with Crippen LogP contribution in [-0.2, 0) is 17.6 Å². The summed E-state index contributed by atoms with van der Waals surface area (Å²) in [6.07, 6.45) is 4.00. The fourth-order valence-electron chi connectivity index (χ4n) is 3.37. The van der Waals surface area contributed by atoms with E-state index in [2.05, 4.69) is 10.1 Å². The first-order valence-electron chi connectivity index (χ1n) is 10.5. The van der Waals surface area contributed by atoms with Gasteiger partial charge in [-0.25, -0.2) is 4.98 Å². The summed E-state index contributed by atoms with van der Waals surface area (Å²) < 4.78 is 11.2. The van der Waals surface area contributed by atoms with E-state index in [0.29, 0.717) is 36.1 Å². The van der Waals surface area contributed by atoms with Gasteiger partial charge >= 0.3 is 0 Å². The molecule has 2 aromatic heterocycles. The summed E-state index contributed by atoms with van der Waals surface area (Å²) in [4.78, 5) is 18.5. The lowest BCUT2D eigenvalue weighted by atomic mass is 10.1. The van der Waals surface area contributed by atoms with Crippen LogP contribution < -0.4 is 0 Å². The molecule has 164 valence electrons. The summed E-state index contributed by atoms with van der Waals surface area (Å²) >= 11 is 5.92. The van der Waals surface area contributed by atoms with Gasteiger partial charge in [-0.2, -0.15) is 0 Å². The van der Waals surface area contributed by atoms with Crippen LogP contribution in [0.1, 0.15) is 24.5 Å². The molecule has 0 atom stereocenters. The summed E-state index contributed by atoms with van der Waals surface area (Å²) in [5.74, 6) is 2.09. The lowest BCUT2D eigenvalue weighted by Crippen LogP contribution is -2.28. The number of carbonyl (C=O) groups is 1. The zero-order valence-electron chi connectivity index (χ0n) is 17.8. The van der Waals surface area contributed by atoms with Gasteiger partial charge in [-0.15, -0.1) is 0 Å². The van der Waals surface area contributed by atoms with Crippen molar-refractivity contribution in [3.63, 3.8) is 0 Å². The number of carbonyl (C=O) groups excluding carboxylic acids is 1. The summed E-state index contributed by atoms with van der Waals surface area (Å²) in [7, 11) is 1.81. The minimum Gasteiger partial charge on any atom is -0.441 e. The van der Waals surface area contributed by atoms with Crippen molar-refractivity contribution >= 4 is 17.5 Å². The van der Waals surface area contributed by atoms with Crippen LogP contribution in [0.2, 0.25) is 5.02 Å². The predicted molar refractivity (Wildman–Crippen MR) is 123 cm³/mol. The minimum atomic E-state index is 0.0544. The summed E-state index contributed by atoms with van der Waals surface area (Å²) in [5.41, 5.74) is 2.76. The van der Waals surface area contributed by atoms with E-state index in [0.717, 1.165) is 35.4 Å². The zero-order valence-corrected chi connectivity index (χ0v) is 18.6. The van der Waals surface area contributed by atoms with Gasteiger partial charge in [0.2, 0.25) is 5.91 Å². The largest absolute Gasteiger partial charge is 0.441 e. The molecule has 0 aliphatic carbocycles. The molecule has 0 saturated heterocycles. The number of hydrogen-bond donors (Lipinski definition) is 0. The fourth-order valence-corrected chi connectivity index (χ4v) is 3.50. The number of aromatic nitrogens is 2. The maximum atomic E-state index is 12.5. The molecule has 0 bridgehead atoms. The van der Waals surface area contributed by atoms with Crippen molar-refractivity contribution < 1.29 is 13.7 Å². The standard InChI is InChI=1S/C25H24ClN3O3/c1-29(15-5-8-21-16-22(28-32-21)18-6-3-2-4-7-18)25(30)14-13-24-27-17-23(31-24)19-9-11-20(26)12-10-19/h2-4,6-7,9-12,16-17H,5,8,13-15H2,1H3. The fraction of sp³-hybridized carbons (Fsp3) is 0.240. The number of hydrogen-bond acceptors (Lipinski definition) is 5. The Morgan fingerprint density at radius 1 is 1.03 bits per heavy atom. The van der Waals surface area contributed by atoms with Gasteiger partial charge in [0.25, 0.3) is 0 Å². The molecule has 4 rings (SSSR count). The van der Waals surface area contributed by atoms with Gasteiger partial charge in [0, 0.05) is 55.1 Å². The molecule has 32 heavy (non-hydrogen) atoms. The van der Waals surface area contributed by atoms with Crippen LogP contribution in [0.25, 0.3) is 22.6 Å². The average molecular weight is 450 g/mol. The number of nitrogens with zero attached hydrogens (tertiary/aromatic N) is 3. The molecule has 2 aromatic carbocycles. The first kappa shape index (κ1) is 21.8. The Bertz CT molecular complexity index is 1150. The second kappa shape index (κ2) is 10.3. The number of halogens is 1. The molecule has 4 aromatic rings. The first-order valence-corrected chi connectivity index (χ1v) is 10.9. The van der Waals surface area contributed by atoms with Crippen molar-refractivity contribution in [2.75, 3.05) is 13.6 Å². The molecule has 7 heteroatoms. The summed E-state index contributed by atoms with van der Waals surface area (Å²) in [5, 5.41) is 4.80. The van der Waals surface area contributed by atoms with Gasteiger partial charge < -0.3 is 13.8 Å². The molecular weight excluding hydrogens is 426 g/mol. The van der Waals surface area contributed by atoms with Crippen molar-refractivity contribution in [2.24, 2.45) is 0 Å². The van der Waals surface area contributed by atoms with E-state index in [1.54, 1.807) is 23.2 Å². The van der Waals surface area contributed by atoms with E-state index >= 15 is 0 Å². The van der Waals surface area contributed by atoms with E-state index in [9.17, 15) is 4.79 Å².